The van der Waals surface area contributed by atoms with E-state index in [-0.39, 0.29) is 12.0 Å². The highest BCUT2D eigenvalue weighted by molar-refractivity contribution is 7.80. The van der Waals surface area contributed by atoms with Gasteiger partial charge in [-0.2, -0.15) is 0 Å². The lowest BCUT2D eigenvalue weighted by atomic mass is 9.99. The Bertz CT molecular complexity index is 1160. The summed E-state index contributed by atoms with van der Waals surface area (Å²) in [6.45, 7) is 1.75. The van der Waals surface area contributed by atoms with E-state index < -0.39 is 0 Å². The molecule has 0 aliphatic carbocycles. The lowest BCUT2D eigenvalue weighted by molar-refractivity contribution is 0.360. The maximum atomic E-state index is 14.4. The standard InChI is InChI=1S/C22H16ClFN2OS2/c1-12-4-6-15(11-17(12)24)26-20(19-3-2-8-29-19)25-21(28)16-10-13-9-14(23)5-7-18(13)27-22(16)26/h2-9,11,20H,10H2,1H3,(H,25,28)/t20-/m0/s1. The summed E-state index contributed by atoms with van der Waals surface area (Å²) in [5, 5.41) is 6.08. The maximum absolute atomic E-state index is 14.4. The number of nitrogens with one attached hydrogen (secondary N) is 1. The Balaban J connectivity index is 1.67. The van der Waals surface area contributed by atoms with Gasteiger partial charge < -0.3 is 10.1 Å². The van der Waals surface area contributed by atoms with Crippen LogP contribution in [0.1, 0.15) is 22.2 Å². The first kappa shape index (κ1) is 18.6. The number of anilines is 1. The lowest BCUT2D eigenvalue weighted by Gasteiger charge is -2.42. The maximum Gasteiger partial charge on any atom is 0.208 e. The van der Waals surface area contributed by atoms with E-state index in [1.807, 2.05) is 40.6 Å². The van der Waals surface area contributed by atoms with E-state index in [1.165, 1.54) is 6.07 Å². The molecule has 1 N–H and O–H groups in total. The number of thiocarbonyl (C=S) groups is 1. The van der Waals surface area contributed by atoms with Gasteiger partial charge in [0.05, 0.1) is 5.57 Å². The summed E-state index contributed by atoms with van der Waals surface area (Å²) in [7, 11) is 0. The molecule has 5 rings (SSSR count). The predicted octanol–water partition coefficient (Wildman–Crippen LogP) is 6.13. The summed E-state index contributed by atoms with van der Waals surface area (Å²) >= 11 is 13.5. The van der Waals surface area contributed by atoms with Gasteiger partial charge >= 0.3 is 0 Å². The Kier molecular flexibility index (Phi) is 4.57. The molecule has 0 saturated carbocycles. The third-order valence-corrected chi connectivity index (χ3v) is 6.64. The molecule has 146 valence electrons. The van der Waals surface area contributed by atoms with E-state index >= 15 is 0 Å². The zero-order valence-corrected chi connectivity index (χ0v) is 17.8. The fourth-order valence-corrected chi connectivity index (χ4v) is 4.86. The van der Waals surface area contributed by atoms with Gasteiger partial charge in [-0.3, -0.25) is 4.90 Å². The highest BCUT2D eigenvalue weighted by Crippen LogP contribution is 2.42. The molecule has 0 amide bonds. The Morgan fingerprint density at radius 3 is 2.86 bits per heavy atom. The van der Waals surface area contributed by atoms with Crippen LogP contribution in [0.2, 0.25) is 5.02 Å². The van der Waals surface area contributed by atoms with Crippen molar-refractivity contribution in [2.75, 3.05) is 4.90 Å². The summed E-state index contributed by atoms with van der Waals surface area (Å²) in [5.41, 5.74) is 3.14. The lowest BCUT2D eigenvalue weighted by Crippen LogP contribution is -2.49. The Hall–Kier alpha value is -2.41. The van der Waals surface area contributed by atoms with Crippen molar-refractivity contribution in [3.05, 3.63) is 92.2 Å². The molecular formula is C22H16ClFN2OS2. The van der Waals surface area contributed by atoms with Crippen molar-refractivity contribution in [2.24, 2.45) is 0 Å². The van der Waals surface area contributed by atoms with E-state index in [0.717, 1.165) is 21.8 Å². The van der Waals surface area contributed by atoms with E-state index in [1.54, 1.807) is 30.4 Å². The Labute approximate surface area is 182 Å². The first-order valence-corrected chi connectivity index (χ1v) is 10.8. The van der Waals surface area contributed by atoms with Crippen LogP contribution in [0.4, 0.5) is 10.1 Å². The average Bonchev–Trinajstić information content (AvgIpc) is 3.24. The van der Waals surface area contributed by atoms with Crippen LogP contribution < -0.4 is 15.0 Å². The van der Waals surface area contributed by atoms with Crippen LogP contribution in [0.5, 0.6) is 5.75 Å². The summed E-state index contributed by atoms with van der Waals surface area (Å²) in [5.74, 6) is 1.11. The number of hydrogen-bond donors (Lipinski definition) is 1. The SMILES string of the molecule is Cc1ccc(N2C3=C(Cc4cc(Cl)ccc4O3)C(=S)N[C@@H]2c2cccs2)cc1F. The van der Waals surface area contributed by atoms with E-state index in [9.17, 15) is 4.39 Å². The number of thiophene rings is 1. The van der Waals surface area contributed by atoms with Gasteiger partial charge in [-0.05, 0) is 54.3 Å². The molecule has 0 fully saturated rings. The first-order valence-electron chi connectivity index (χ1n) is 9.10. The van der Waals surface area contributed by atoms with Crippen LogP contribution >= 0.6 is 35.2 Å². The zero-order chi connectivity index (χ0) is 20.1. The summed E-state index contributed by atoms with van der Waals surface area (Å²) in [6, 6.07) is 14.8. The second kappa shape index (κ2) is 7.13. The Morgan fingerprint density at radius 1 is 1.24 bits per heavy atom. The van der Waals surface area contributed by atoms with Crippen LogP contribution in [0.3, 0.4) is 0 Å². The van der Waals surface area contributed by atoms with Crippen molar-refractivity contribution < 1.29 is 9.13 Å². The predicted molar refractivity (Wildman–Crippen MR) is 119 cm³/mol. The molecule has 0 spiro atoms. The van der Waals surface area contributed by atoms with Crippen LogP contribution in [-0.4, -0.2) is 4.99 Å². The smallest absolute Gasteiger partial charge is 0.208 e. The largest absolute Gasteiger partial charge is 0.440 e. The topological polar surface area (TPSA) is 24.5 Å². The minimum absolute atomic E-state index is 0.259. The normalized spacial score (nSPS) is 18.1. The number of fused-ring (bicyclic) bond motifs is 1. The second-order valence-electron chi connectivity index (χ2n) is 7.01. The molecule has 3 heterocycles. The highest BCUT2D eigenvalue weighted by atomic mass is 35.5. The first-order chi connectivity index (χ1) is 14.0. The van der Waals surface area contributed by atoms with E-state index in [0.29, 0.717) is 33.6 Å². The average molecular weight is 443 g/mol. The van der Waals surface area contributed by atoms with Gasteiger partial charge in [0.15, 0.2) is 0 Å². The third-order valence-electron chi connectivity index (χ3n) is 5.12. The quantitative estimate of drug-likeness (QED) is 0.482. The molecule has 0 saturated heterocycles. The summed E-state index contributed by atoms with van der Waals surface area (Å²) in [4.78, 5) is 3.68. The number of rotatable bonds is 2. The molecule has 1 aromatic heterocycles. The van der Waals surface area contributed by atoms with Crippen LogP contribution in [-0.2, 0) is 6.42 Å². The van der Waals surface area contributed by atoms with E-state index in [4.69, 9.17) is 28.6 Å². The molecule has 0 bridgehead atoms. The van der Waals surface area contributed by atoms with Crippen molar-refractivity contribution in [3.63, 3.8) is 0 Å². The second-order valence-corrected chi connectivity index (χ2v) is 8.83. The van der Waals surface area contributed by atoms with Gasteiger partial charge in [-0.15, -0.1) is 11.3 Å². The monoisotopic (exact) mass is 442 g/mol. The summed E-state index contributed by atoms with van der Waals surface area (Å²) in [6.07, 6.45) is 0.316. The molecule has 2 aliphatic heterocycles. The van der Waals surface area contributed by atoms with Crippen molar-refractivity contribution in [3.8, 4) is 5.75 Å². The number of ether oxygens (including phenoxy) is 1. The van der Waals surface area contributed by atoms with Crippen LogP contribution in [0.15, 0.2) is 65.4 Å². The number of aryl methyl sites for hydroxylation is 1. The van der Waals surface area contributed by atoms with Crippen LogP contribution in [0.25, 0.3) is 0 Å². The molecule has 29 heavy (non-hydrogen) atoms. The van der Waals surface area contributed by atoms with Gasteiger partial charge in [0, 0.05) is 27.6 Å². The van der Waals surface area contributed by atoms with Crippen molar-refractivity contribution in [1.82, 2.24) is 5.32 Å². The number of hydrogen-bond acceptors (Lipinski definition) is 4. The molecule has 1 atom stereocenters. The van der Waals surface area contributed by atoms with Crippen molar-refractivity contribution in [2.45, 2.75) is 19.5 Å². The van der Waals surface area contributed by atoms with Gasteiger partial charge in [0.2, 0.25) is 5.88 Å². The molecular weight excluding hydrogens is 427 g/mol. The minimum Gasteiger partial charge on any atom is -0.440 e. The molecule has 3 nitrogen and oxygen atoms in total. The molecule has 2 aromatic carbocycles. The Morgan fingerprint density at radius 2 is 2.10 bits per heavy atom. The molecule has 3 aromatic rings. The molecule has 7 heteroatoms. The minimum atomic E-state index is -0.280. The van der Waals surface area contributed by atoms with Gasteiger partial charge in [-0.25, -0.2) is 4.39 Å². The zero-order valence-electron chi connectivity index (χ0n) is 15.4. The van der Waals surface area contributed by atoms with Gasteiger partial charge in [0.1, 0.15) is 22.7 Å². The van der Waals surface area contributed by atoms with Gasteiger partial charge in [-0.1, -0.05) is 36.0 Å². The van der Waals surface area contributed by atoms with Gasteiger partial charge in [0.25, 0.3) is 0 Å². The fraction of sp³-hybridized carbons (Fsp3) is 0.136. The van der Waals surface area contributed by atoms with Crippen LogP contribution in [0, 0.1) is 12.7 Å². The fourth-order valence-electron chi connectivity index (χ4n) is 3.63. The highest BCUT2D eigenvalue weighted by Gasteiger charge is 2.38. The number of benzene rings is 2. The molecule has 0 radical (unpaired) electrons. The van der Waals surface area contributed by atoms with E-state index in [2.05, 4.69) is 5.32 Å². The third kappa shape index (κ3) is 3.21. The number of nitrogens with zero attached hydrogens (tertiary/aromatic N) is 1. The molecule has 2 aliphatic rings. The summed E-state index contributed by atoms with van der Waals surface area (Å²) < 4.78 is 20.8. The molecule has 0 unspecified atom stereocenters. The van der Waals surface area contributed by atoms with Crippen molar-refractivity contribution in [1.29, 1.82) is 0 Å². The number of halogens is 2. The van der Waals surface area contributed by atoms with Crippen molar-refractivity contribution >= 4 is 45.8 Å².